The van der Waals surface area contributed by atoms with Crippen molar-refractivity contribution >= 4 is 0 Å². The summed E-state index contributed by atoms with van der Waals surface area (Å²) in [6.07, 6.45) is 0.965. The molecule has 1 heterocycles. The predicted molar refractivity (Wildman–Crippen MR) is 71.3 cm³/mol. The molecule has 1 aromatic heterocycles. The van der Waals surface area contributed by atoms with E-state index < -0.39 is 0 Å². The largest absolute Gasteiger partial charge is 0.265 e. The minimum atomic E-state index is 0.696. The van der Waals surface area contributed by atoms with Crippen molar-refractivity contribution in [3.05, 3.63) is 52.3 Å². The van der Waals surface area contributed by atoms with E-state index in [-0.39, 0.29) is 0 Å². The normalized spacial score (nSPS) is 10.3. The second-order valence-electron chi connectivity index (χ2n) is 4.48. The molecule has 0 fully saturated rings. The summed E-state index contributed by atoms with van der Waals surface area (Å²) in [5.74, 6) is 0. The smallest absolute Gasteiger partial charge is 0.0991 e. The summed E-state index contributed by atoms with van der Waals surface area (Å²) in [4.78, 5) is 0. The molecule has 0 spiro atoms. The second kappa shape index (κ2) is 5.05. The molecule has 0 saturated heterocycles. The van der Waals surface area contributed by atoms with E-state index in [0.29, 0.717) is 5.56 Å². The van der Waals surface area contributed by atoms with E-state index in [1.165, 1.54) is 22.5 Å². The monoisotopic (exact) mass is 239 g/mol. The summed E-state index contributed by atoms with van der Waals surface area (Å²) in [6, 6.07) is 9.80. The van der Waals surface area contributed by atoms with Crippen LogP contribution >= 0.6 is 0 Å². The van der Waals surface area contributed by atoms with Crippen molar-refractivity contribution in [3.63, 3.8) is 0 Å². The van der Waals surface area contributed by atoms with Gasteiger partial charge in [-0.15, -0.1) is 0 Å². The van der Waals surface area contributed by atoms with Gasteiger partial charge in [0.25, 0.3) is 0 Å². The lowest BCUT2D eigenvalue weighted by atomic mass is 10.1. The summed E-state index contributed by atoms with van der Waals surface area (Å²) >= 11 is 0. The van der Waals surface area contributed by atoms with Crippen LogP contribution < -0.4 is 0 Å². The first-order chi connectivity index (χ1) is 8.65. The summed E-state index contributed by atoms with van der Waals surface area (Å²) in [5, 5.41) is 13.4. The Labute approximate surface area is 108 Å². The number of benzene rings is 1. The molecule has 0 aliphatic heterocycles. The van der Waals surface area contributed by atoms with Gasteiger partial charge < -0.3 is 0 Å². The van der Waals surface area contributed by atoms with Gasteiger partial charge in [-0.2, -0.15) is 10.4 Å². The summed E-state index contributed by atoms with van der Waals surface area (Å²) in [6.45, 7) is 7.11. The van der Waals surface area contributed by atoms with Crippen LogP contribution in [0.15, 0.2) is 24.3 Å². The van der Waals surface area contributed by atoms with Crippen molar-refractivity contribution in [2.24, 2.45) is 0 Å². The fourth-order valence-electron chi connectivity index (χ4n) is 2.05. The first kappa shape index (κ1) is 12.4. The van der Waals surface area contributed by atoms with Gasteiger partial charge in [0.05, 0.1) is 23.9 Å². The molecule has 2 rings (SSSR count). The Bertz CT molecular complexity index is 585. The Morgan fingerprint density at radius 3 is 2.39 bits per heavy atom. The van der Waals surface area contributed by atoms with Gasteiger partial charge in [-0.05, 0) is 43.5 Å². The fraction of sp³-hybridized carbons (Fsp3) is 0.333. The van der Waals surface area contributed by atoms with Gasteiger partial charge in [0.15, 0.2) is 0 Å². The standard InChI is InChI=1S/C15H17N3/c1-4-15-11(2)12(3)18(17-15)10-14-7-5-13(9-16)6-8-14/h5-8H,4,10H2,1-3H3. The van der Waals surface area contributed by atoms with Crippen LogP contribution in [0, 0.1) is 25.2 Å². The molecule has 0 unspecified atom stereocenters. The summed E-state index contributed by atoms with van der Waals surface area (Å²) in [7, 11) is 0. The molecule has 1 aromatic carbocycles. The SMILES string of the molecule is CCc1nn(Cc2ccc(C#N)cc2)c(C)c1C. The lowest BCUT2D eigenvalue weighted by molar-refractivity contribution is 0.654. The lowest BCUT2D eigenvalue weighted by Crippen LogP contribution is -2.04. The van der Waals surface area contributed by atoms with Crippen LogP contribution in [0.5, 0.6) is 0 Å². The van der Waals surface area contributed by atoms with Gasteiger partial charge in [-0.3, -0.25) is 4.68 Å². The van der Waals surface area contributed by atoms with Gasteiger partial charge in [0, 0.05) is 5.69 Å². The van der Waals surface area contributed by atoms with Crippen LogP contribution in [0.3, 0.4) is 0 Å². The molecular formula is C15H17N3. The first-order valence-corrected chi connectivity index (χ1v) is 6.17. The van der Waals surface area contributed by atoms with Crippen molar-refractivity contribution in [1.82, 2.24) is 9.78 Å². The molecule has 2 aromatic rings. The lowest BCUT2D eigenvalue weighted by Gasteiger charge is -2.04. The zero-order valence-corrected chi connectivity index (χ0v) is 11.1. The molecule has 0 amide bonds. The highest BCUT2D eigenvalue weighted by Gasteiger charge is 2.09. The molecule has 0 N–H and O–H groups in total. The van der Waals surface area contributed by atoms with Crippen molar-refractivity contribution in [2.45, 2.75) is 33.7 Å². The van der Waals surface area contributed by atoms with Gasteiger partial charge in [-0.25, -0.2) is 0 Å². The highest BCUT2D eigenvalue weighted by atomic mass is 15.3. The molecule has 0 radical (unpaired) electrons. The van der Waals surface area contributed by atoms with E-state index in [2.05, 4.69) is 31.9 Å². The molecule has 92 valence electrons. The van der Waals surface area contributed by atoms with Crippen LogP contribution in [0.1, 0.15) is 35.0 Å². The predicted octanol–water partition coefficient (Wildman–Crippen LogP) is 2.98. The molecule has 0 saturated carbocycles. The van der Waals surface area contributed by atoms with Crippen LogP contribution in [0.2, 0.25) is 0 Å². The van der Waals surface area contributed by atoms with E-state index in [1.54, 1.807) is 0 Å². The molecule has 18 heavy (non-hydrogen) atoms. The van der Waals surface area contributed by atoms with E-state index in [1.807, 2.05) is 28.9 Å². The fourth-order valence-corrected chi connectivity index (χ4v) is 2.05. The Kier molecular flexibility index (Phi) is 3.47. The minimum absolute atomic E-state index is 0.696. The van der Waals surface area contributed by atoms with Crippen molar-refractivity contribution in [3.8, 4) is 6.07 Å². The Morgan fingerprint density at radius 2 is 1.89 bits per heavy atom. The van der Waals surface area contributed by atoms with E-state index >= 15 is 0 Å². The first-order valence-electron chi connectivity index (χ1n) is 6.17. The van der Waals surface area contributed by atoms with Gasteiger partial charge in [0.2, 0.25) is 0 Å². The number of nitriles is 1. The number of hydrogen-bond acceptors (Lipinski definition) is 2. The maximum absolute atomic E-state index is 8.77. The van der Waals surface area contributed by atoms with Crippen LogP contribution in [-0.4, -0.2) is 9.78 Å². The molecule has 3 heteroatoms. The second-order valence-corrected chi connectivity index (χ2v) is 4.48. The van der Waals surface area contributed by atoms with Gasteiger partial charge in [-0.1, -0.05) is 19.1 Å². The van der Waals surface area contributed by atoms with Crippen molar-refractivity contribution in [2.75, 3.05) is 0 Å². The number of aryl methyl sites for hydroxylation is 1. The zero-order valence-electron chi connectivity index (χ0n) is 11.1. The van der Waals surface area contributed by atoms with Crippen molar-refractivity contribution in [1.29, 1.82) is 5.26 Å². The zero-order chi connectivity index (χ0) is 13.1. The summed E-state index contributed by atoms with van der Waals surface area (Å²) < 4.78 is 2.04. The highest BCUT2D eigenvalue weighted by molar-refractivity contribution is 5.32. The molecule has 0 bridgehead atoms. The Hall–Kier alpha value is -2.08. The molecular weight excluding hydrogens is 222 g/mol. The number of nitrogens with zero attached hydrogens (tertiary/aromatic N) is 3. The van der Waals surface area contributed by atoms with Crippen LogP contribution in [-0.2, 0) is 13.0 Å². The highest BCUT2D eigenvalue weighted by Crippen LogP contribution is 2.14. The van der Waals surface area contributed by atoms with Gasteiger partial charge >= 0.3 is 0 Å². The third-order valence-electron chi connectivity index (χ3n) is 3.35. The quantitative estimate of drug-likeness (QED) is 0.826. The molecule has 0 atom stereocenters. The average Bonchev–Trinajstić information content (AvgIpc) is 2.67. The van der Waals surface area contributed by atoms with Crippen molar-refractivity contribution < 1.29 is 0 Å². The Balaban J connectivity index is 2.26. The minimum Gasteiger partial charge on any atom is -0.265 e. The average molecular weight is 239 g/mol. The van der Waals surface area contributed by atoms with Crippen LogP contribution in [0.25, 0.3) is 0 Å². The topological polar surface area (TPSA) is 41.6 Å². The third kappa shape index (κ3) is 2.28. The van der Waals surface area contributed by atoms with E-state index in [0.717, 1.165) is 13.0 Å². The van der Waals surface area contributed by atoms with E-state index in [9.17, 15) is 0 Å². The van der Waals surface area contributed by atoms with Gasteiger partial charge in [0.1, 0.15) is 0 Å². The number of aromatic nitrogens is 2. The van der Waals surface area contributed by atoms with E-state index in [4.69, 9.17) is 5.26 Å². The number of rotatable bonds is 3. The summed E-state index contributed by atoms with van der Waals surface area (Å²) in [5.41, 5.74) is 5.53. The maximum atomic E-state index is 8.77. The molecule has 0 aliphatic rings. The maximum Gasteiger partial charge on any atom is 0.0991 e. The van der Waals surface area contributed by atoms with Crippen LogP contribution in [0.4, 0.5) is 0 Å². The Morgan fingerprint density at radius 1 is 1.22 bits per heavy atom. The third-order valence-corrected chi connectivity index (χ3v) is 3.35. The molecule has 3 nitrogen and oxygen atoms in total. The number of hydrogen-bond donors (Lipinski definition) is 0. The molecule has 0 aliphatic carbocycles.